The maximum atomic E-state index is 2.86. The van der Waals surface area contributed by atoms with Gasteiger partial charge >= 0.3 is 0 Å². The largest absolute Gasteiger partial charge is 0.301 e. The Labute approximate surface area is 119 Å². The van der Waals surface area contributed by atoms with Crippen molar-refractivity contribution < 1.29 is 0 Å². The van der Waals surface area contributed by atoms with Crippen LogP contribution in [0.5, 0.6) is 0 Å². The molecule has 19 heavy (non-hydrogen) atoms. The molecule has 0 aromatic heterocycles. The fraction of sp³-hybridized carbons (Fsp3) is 1.00. The molecule has 0 radical (unpaired) electrons. The molecule has 2 saturated heterocycles. The van der Waals surface area contributed by atoms with Gasteiger partial charge in [0.25, 0.3) is 0 Å². The van der Waals surface area contributed by atoms with Crippen LogP contribution < -0.4 is 0 Å². The molecule has 2 aliphatic heterocycles. The standard InChI is InChI=1S/C17H32N2/c1-4-14-9-15-11-19(12-16(15)10-14)17-5-7-18(8-6-17)13(2)3/h13-17H,4-12H2,1-3H3. The number of hydrogen-bond acceptors (Lipinski definition) is 2. The molecule has 0 aromatic carbocycles. The van der Waals surface area contributed by atoms with Crippen molar-refractivity contribution in [3.8, 4) is 0 Å². The first-order valence-electron chi connectivity index (χ1n) is 8.65. The smallest absolute Gasteiger partial charge is 0.0120 e. The lowest BCUT2D eigenvalue weighted by atomic mass is 10.00. The molecule has 0 N–H and O–H groups in total. The molecular weight excluding hydrogens is 232 g/mol. The van der Waals surface area contributed by atoms with E-state index in [9.17, 15) is 0 Å². The third kappa shape index (κ3) is 2.85. The van der Waals surface area contributed by atoms with E-state index in [4.69, 9.17) is 0 Å². The number of hydrogen-bond donors (Lipinski definition) is 0. The first kappa shape index (κ1) is 13.9. The lowest BCUT2D eigenvalue weighted by Crippen LogP contribution is -2.46. The van der Waals surface area contributed by atoms with Crippen molar-refractivity contribution in [2.75, 3.05) is 26.2 Å². The number of fused-ring (bicyclic) bond motifs is 1. The molecule has 2 heteroatoms. The summed E-state index contributed by atoms with van der Waals surface area (Å²) in [6.45, 7) is 12.6. The van der Waals surface area contributed by atoms with Crippen molar-refractivity contribution in [2.45, 2.75) is 65.0 Å². The molecule has 0 aromatic rings. The summed E-state index contributed by atoms with van der Waals surface area (Å²) in [6, 6.07) is 1.64. The molecule has 1 saturated carbocycles. The van der Waals surface area contributed by atoms with E-state index >= 15 is 0 Å². The SMILES string of the molecule is CCC1CC2CN(C3CCN(C(C)C)CC3)CC2C1. The Bertz CT molecular complexity index is 280. The zero-order chi connectivity index (χ0) is 13.4. The Hall–Kier alpha value is -0.0800. The van der Waals surface area contributed by atoms with Crippen molar-refractivity contribution in [3.05, 3.63) is 0 Å². The van der Waals surface area contributed by atoms with Crippen molar-refractivity contribution >= 4 is 0 Å². The van der Waals surface area contributed by atoms with Gasteiger partial charge < -0.3 is 4.90 Å². The summed E-state index contributed by atoms with van der Waals surface area (Å²) in [4.78, 5) is 5.51. The highest BCUT2D eigenvalue weighted by Gasteiger charge is 2.42. The number of rotatable bonds is 3. The van der Waals surface area contributed by atoms with Crippen LogP contribution in [0.15, 0.2) is 0 Å². The summed E-state index contributed by atoms with van der Waals surface area (Å²) in [5, 5.41) is 0. The van der Waals surface area contributed by atoms with Crippen LogP contribution in [0.2, 0.25) is 0 Å². The summed E-state index contributed by atoms with van der Waals surface area (Å²) in [5.41, 5.74) is 0. The Morgan fingerprint density at radius 3 is 2.05 bits per heavy atom. The van der Waals surface area contributed by atoms with Crippen LogP contribution in [0.3, 0.4) is 0 Å². The minimum Gasteiger partial charge on any atom is -0.301 e. The summed E-state index contributed by atoms with van der Waals surface area (Å²) in [6.07, 6.45) is 7.30. The predicted octanol–water partition coefficient (Wildman–Crippen LogP) is 3.23. The van der Waals surface area contributed by atoms with Gasteiger partial charge in [-0.1, -0.05) is 13.3 Å². The van der Waals surface area contributed by atoms with Crippen LogP contribution in [-0.2, 0) is 0 Å². The van der Waals surface area contributed by atoms with Crippen LogP contribution >= 0.6 is 0 Å². The van der Waals surface area contributed by atoms with Gasteiger partial charge in [-0.05, 0) is 70.4 Å². The molecule has 1 aliphatic carbocycles. The van der Waals surface area contributed by atoms with Crippen LogP contribution in [0.25, 0.3) is 0 Å². The normalized spacial score (nSPS) is 38.2. The van der Waals surface area contributed by atoms with Crippen LogP contribution in [0.4, 0.5) is 0 Å². The third-order valence-corrected chi connectivity index (χ3v) is 6.20. The zero-order valence-electron chi connectivity index (χ0n) is 13.1. The fourth-order valence-corrected chi connectivity index (χ4v) is 4.86. The van der Waals surface area contributed by atoms with Crippen molar-refractivity contribution in [1.82, 2.24) is 9.80 Å². The average molecular weight is 264 g/mol. The molecule has 2 nitrogen and oxygen atoms in total. The van der Waals surface area contributed by atoms with Gasteiger partial charge in [-0.2, -0.15) is 0 Å². The zero-order valence-corrected chi connectivity index (χ0v) is 13.1. The molecule has 2 atom stereocenters. The number of piperidine rings is 1. The molecule has 0 amide bonds. The molecule has 3 aliphatic rings. The van der Waals surface area contributed by atoms with E-state index < -0.39 is 0 Å². The Morgan fingerprint density at radius 1 is 1.00 bits per heavy atom. The van der Waals surface area contributed by atoms with E-state index in [0.717, 1.165) is 29.8 Å². The van der Waals surface area contributed by atoms with Crippen molar-refractivity contribution in [1.29, 1.82) is 0 Å². The minimum atomic E-state index is 0.740. The van der Waals surface area contributed by atoms with E-state index in [-0.39, 0.29) is 0 Å². The van der Waals surface area contributed by atoms with Gasteiger partial charge in [0.05, 0.1) is 0 Å². The maximum Gasteiger partial charge on any atom is 0.0120 e. The third-order valence-electron chi connectivity index (χ3n) is 6.20. The van der Waals surface area contributed by atoms with Crippen LogP contribution in [0.1, 0.15) is 52.9 Å². The molecule has 3 rings (SSSR count). The van der Waals surface area contributed by atoms with Crippen LogP contribution in [-0.4, -0.2) is 48.1 Å². The molecular formula is C17H32N2. The van der Waals surface area contributed by atoms with Crippen LogP contribution in [0, 0.1) is 17.8 Å². The summed E-state index contributed by atoms with van der Waals surface area (Å²) < 4.78 is 0. The van der Waals surface area contributed by atoms with Gasteiger partial charge in [-0.15, -0.1) is 0 Å². The van der Waals surface area contributed by atoms with E-state index in [1.807, 2.05) is 0 Å². The highest BCUT2D eigenvalue weighted by molar-refractivity contribution is 4.95. The Morgan fingerprint density at radius 2 is 1.58 bits per heavy atom. The second-order valence-electron chi connectivity index (χ2n) is 7.58. The topological polar surface area (TPSA) is 6.48 Å². The van der Waals surface area contributed by atoms with Gasteiger partial charge in [-0.25, -0.2) is 0 Å². The first-order chi connectivity index (χ1) is 9.17. The molecule has 0 bridgehead atoms. The van der Waals surface area contributed by atoms with E-state index in [1.165, 1.54) is 58.3 Å². The summed E-state index contributed by atoms with van der Waals surface area (Å²) in [7, 11) is 0. The predicted molar refractivity (Wildman–Crippen MR) is 81.3 cm³/mol. The minimum absolute atomic E-state index is 0.740. The maximum absolute atomic E-state index is 2.86. The van der Waals surface area contributed by atoms with E-state index in [0.29, 0.717) is 0 Å². The van der Waals surface area contributed by atoms with Crippen molar-refractivity contribution in [2.24, 2.45) is 17.8 Å². The van der Waals surface area contributed by atoms with E-state index in [2.05, 4.69) is 30.6 Å². The van der Waals surface area contributed by atoms with Gasteiger partial charge in [0, 0.05) is 25.2 Å². The molecule has 2 heterocycles. The van der Waals surface area contributed by atoms with Gasteiger partial charge in [0.1, 0.15) is 0 Å². The second-order valence-corrected chi connectivity index (χ2v) is 7.58. The lowest BCUT2D eigenvalue weighted by molar-refractivity contribution is 0.101. The highest BCUT2D eigenvalue weighted by atomic mass is 15.2. The van der Waals surface area contributed by atoms with Gasteiger partial charge in [0.15, 0.2) is 0 Å². The fourth-order valence-electron chi connectivity index (χ4n) is 4.86. The quantitative estimate of drug-likeness (QED) is 0.772. The molecule has 110 valence electrons. The van der Waals surface area contributed by atoms with E-state index in [1.54, 1.807) is 0 Å². The first-order valence-corrected chi connectivity index (χ1v) is 8.65. The monoisotopic (exact) mass is 264 g/mol. The summed E-state index contributed by atoms with van der Waals surface area (Å²) >= 11 is 0. The number of likely N-dealkylation sites (tertiary alicyclic amines) is 2. The Balaban J connectivity index is 1.48. The van der Waals surface area contributed by atoms with Gasteiger partial charge in [-0.3, -0.25) is 4.90 Å². The highest BCUT2D eigenvalue weighted by Crippen LogP contribution is 2.43. The molecule has 0 spiro atoms. The second kappa shape index (κ2) is 5.73. The molecule has 2 unspecified atom stereocenters. The number of nitrogens with zero attached hydrogens (tertiary/aromatic N) is 2. The van der Waals surface area contributed by atoms with Gasteiger partial charge in [0.2, 0.25) is 0 Å². The van der Waals surface area contributed by atoms with Crippen molar-refractivity contribution in [3.63, 3.8) is 0 Å². The average Bonchev–Trinajstić information content (AvgIpc) is 2.96. The Kier molecular flexibility index (Phi) is 4.19. The molecule has 3 fully saturated rings. The summed E-state index contributed by atoms with van der Waals surface area (Å²) in [5.74, 6) is 3.15. The lowest BCUT2D eigenvalue weighted by Gasteiger charge is -2.39.